The van der Waals surface area contributed by atoms with Crippen molar-refractivity contribution in [1.29, 1.82) is 0 Å². The maximum atomic E-state index is 12.7. The molecule has 114 valence electrons. The highest BCUT2D eigenvalue weighted by molar-refractivity contribution is 6.31. The smallest absolute Gasteiger partial charge is 0.227 e. The minimum absolute atomic E-state index is 0.0854. The number of carbonyl (C=O) groups is 1. The first-order chi connectivity index (χ1) is 10.6. The first-order valence-corrected chi connectivity index (χ1v) is 7.91. The molecule has 0 aliphatic carbocycles. The minimum atomic E-state index is 0.0854. The third-order valence-corrected chi connectivity index (χ3v) is 4.49. The molecule has 1 saturated heterocycles. The molecule has 1 aliphatic heterocycles. The molecule has 1 aliphatic rings. The van der Waals surface area contributed by atoms with Gasteiger partial charge in [-0.05, 0) is 42.2 Å². The monoisotopic (exact) mass is 314 g/mol. The fraction of sp³-hybridized carbons (Fsp3) is 0.278. The van der Waals surface area contributed by atoms with E-state index in [4.69, 9.17) is 17.3 Å². The minimum Gasteiger partial charge on any atom is -0.399 e. The van der Waals surface area contributed by atoms with Gasteiger partial charge in [-0.1, -0.05) is 41.9 Å². The Labute approximate surface area is 135 Å². The molecule has 0 spiro atoms. The molecule has 2 aromatic rings. The topological polar surface area (TPSA) is 46.3 Å². The highest BCUT2D eigenvalue weighted by Crippen LogP contribution is 2.36. The van der Waals surface area contributed by atoms with Gasteiger partial charge in [0.2, 0.25) is 5.91 Å². The molecule has 3 rings (SSSR count). The summed E-state index contributed by atoms with van der Waals surface area (Å²) in [4.78, 5) is 14.6. The van der Waals surface area contributed by atoms with Crippen molar-refractivity contribution in [3.63, 3.8) is 0 Å². The first-order valence-electron chi connectivity index (χ1n) is 7.53. The molecular weight excluding hydrogens is 296 g/mol. The van der Waals surface area contributed by atoms with E-state index in [0.717, 1.165) is 35.5 Å². The van der Waals surface area contributed by atoms with Crippen molar-refractivity contribution in [2.75, 3.05) is 12.3 Å². The zero-order valence-electron chi connectivity index (χ0n) is 12.3. The maximum absolute atomic E-state index is 12.7. The SMILES string of the molecule is Nc1cccc(CC(=O)N2CCCC2c2ccccc2Cl)c1. The molecule has 2 N–H and O–H groups in total. The number of hydrogen-bond acceptors (Lipinski definition) is 2. The van der Waals surface area contributed by atoms with Crippen LogP contribution in [0.15, 0.2) is 48.5 Å². The Kier molecular flexibility index (Phi) is 4.34. The fourth-order valence-corrected chi connectivity index (χ4v) is 3.37. The van der Waals surface area contributed by atoms with Crippen molar-refractivity contribution in [2.45, 2.75) is 25.3 Å². The molecule has 1 amide bonds. The Morgan fingerprint density at radius 1 is 1.23 bits per heavy atom. The van der Waals surface area contributed by atoms with Gasteiger partial charge in [-0.15, -0.1) is 0 Å². The van der Waals surface area contributed by atoms with Crippen molar-refractivity contribution in [1.82, 2.24) is 4.90 Å². The summed E-state index contributed by atoms with van der Waals surface area (Å²) in [5.74, 6) is 0.132. The Morgan fingerprint density at radius 3 is 2.82 bits per heavy atom. The number of nitrogens with two attached hydrogens (primary N) is 1. The fourth-order valence-electron chi connectivity index (χ4n) is 3.11. The maximum Gasteiger partial charge on any atom is 0.227 e. The van der Waals surface area contributed by atoms with Gasteiger partial charge >= 0.3 is 0 Å². The number of rotatable bonds is 3. The van der Waals surface area contributed by atoms with Crippen LogP contribution in [0.5, 0.6) is 0 Å². The van der Waals surface area contributed by atoms with Crippen LogP contribution in [0.4, 0.5) is 5.69 Å². The van der Waals surface area contributed by atoms with E-state index in [0.29, 0.717) is 12.1 Å². The number of nitrogen functional groups attached to an aromatic ring is 1. The zero-order valence-corrected chi connectivity index (χ0v) is 13.1. The number of likely N-dealkylation sites (tertiary alicyclic amines) is 1. The number of amides is 1. The molecule has 1 fully saturated rings. The van der Waals surface area contributed by atoms with Gasteiger partial charge in [0.1, 0.15) is 0 Å². The van der Waals surface area contributed by atoms with E-state index in [-0.39, 0.29) is 11.9 Å². The van der Waals surface area contributed by atoms with Crippen LogP contribution in [0.2, 0.25) is 5.02 Å². The van der Waals surface area contributed by atoms with E-state index in [9.17, 15) is 4.79 Å². The standard InChI is InChI=1S/C18H19ClN2O/c19-16-8-2-1-7-15(16)17-9-4-10-21(17)18(22)12-13-5-3-6-14(20)11-13/h1-3,5-8,11,17H,4,9-10,12,20H2. The van der Waals surface area contributed by atoms with Gasteiger partial charge in [0.15, 0.2) is 0 Å². The van der Waals surface area contributed by atoms with Crippen LogP contribution < -0.4 is 5.73 Å². The molecule has 1 atom stereocenters. The summed E-state index contributed by atoms with van der Waals surface area (Å²) in [6.45, 7) is 0.789. The first kappa shape index (κ1) is 14.9. The lowest BCUT2D eigenvalue weighted by atomic mass is 10.0. The summed E-state index contributed by atoms with van der Waals surface area (Å²) in [5.41, 5.74) is 8.47. The average molecular weight is 315 g/mol. The van der Waals surface area contributed by atoms with Gasteiger partial charge < -0.3 is 10.6 Å². The quantitative estimate of drug-likeness (QED) is 0.875. The molecule has 1 heterocycles. The van der Waals surface area contributed by atoms with Crippen molar-refractivity contribution >= 4 is 23.2 Å². The summed E-state index contributed by atoms with van der Waals surface area (Å²) >= 11 is 6.30. The van der Waals surface area contributed by atoms with Crippen LogP contribution in [0, 0.1) is 0 Å². The van der Waals surface area contributed by atoms with Gasteiger partial charge in [-0.3, -0.25) is 4.79 Å². The van der Waals surface area contributed by atoms with Crippen LogP contribution in [0.1, 0.15) is 30.0 Å². The normalized spacial score (nSPS) is 17.7. The van der Waals surface area contributed by atoms with Gasteiger partial charge in [-0.25, -0.2) is 0 Å². The van der Waals surface area contributed by atoms with Crippen LogP contribution in [-0.2, 0) is 11.2 Å². The molecular formula is C18H19ClN2O. The van der Waals surface area contributed by atoms with E-state index < -0.39 is 0 Å². The Hall–Kier alpha value is -2.00. The Balaban J connectivity index is 1.78. The third-order valence-electron chi connectivity index (χ3n) is 4.14. The molecule has 3 nitrogen and oxygen atoms in total. The summed E-state index contributed by atoms with van der Waals surface area (Å²) < 4.78 is 0. The highest BCUT2D eigenvalue weighted by Gasteiger charge is 2.30. The van der Waals surface area contributed by atoms with Crippen molar-refractivity contribution < 1.29 is 4.79 Å². The zero-order chi connectivity index (χ0) is 15.5. The lowest BCUT2D eigenvalue weighted by molar-refractivity contribution is -0.131. The largest absolute Gasteiger partial charge is 0.399 e. The second-order valence-corrected chi connectivity index (χ2v) is 6.10. The third kappa shape index (κ3) is 3.09. The van der Waals surface area contributed by atoms with Crippen molar-refractivity contribution in [3.8, 4) is 0 Å². The molecule has 4 heteroatoms. The summed E-state index contributed by atoms with van der Waals surface area (Å²) in [6.07, 6.45) is 2.36. The van der Waals surface area contributed by atoms with E-state index >= 15 is 0 Å². The molecule has 0 radical (unpaired) electrons. The number of hydrogen-bond donors (Lipinski definition) is 1. The number of nitrogens with zero attached hydrogens (tertiary/aromatic N) is 1. The van der Waals surface area contributed by atoms with Gasteiger partial charge in [0.05, 0.1) is 12.5 Å². The van der Waals surface area contributed by atoms with Crippen LogP contribution in [-0.4, -0.2) is 17.4 Å². The van der Waals surface area contributed by atoms with E-state index in [1.165, 1.54) is 0 Å². The van der Waals surface area contributed by atoms with Crippen LogP contribution in [0.25, 0.3) is 0 Å². The van der Waals surface area contributed by atoms with Crippen molar-refractivity contribution in [3.05, 3.63) is 64.7 Å². The average Bonchev–Trinajstić information content (AvgIpc) is 2.97. The molecule has 0 bridgehead atoms. The number of anilines is 1. The lowest BCUT2D eigenvalue weighted by Crippen LogP contribution is -2.32. The molecule has 0 aromatic heterocycles. The summed E-state index contributed by atoms with van der Waals surface area (Å²) in [5, 5.41) is 0.733. The molecule has 0 saturated carbocycles. The predicted octanol–water partition coefficient (Wildman–Crippen LogP) is 3.83. The highest BCUT2D eigenvalue weighted by atomic mass is 35.5. The van der Waals surface area contributed by atoms with E-state index in [2.05, 4.69) is 0 Å². The summed E-state index contributed by atoms with van der Waals surface area (Å²) in [6, 6.07) is 15.4. The number of carbonyl (C=O) groups excluding carboxylic acids is 1. The second kappa shape index (κ2) is 6.41. The molecule has 22 heavy (non-hydrogen) atoms. The van der Waals surface area contributed by atoms with Crippen molar-refractivity contribution in [2.24, 2.45) is 0 Å². The van der Waals surface area contributed by atoms with Gasteiger partial charge in [0, 0.05) is 17.3 Å². The summed E-state index contributed by atoms with van der Waals surface area (Å²) in [7, 11) is 0. The number of benzene rings is 2. The molecule has 2 aromatic carbocycles. The van der Waals surface area contributed by atoms with Gasteiger partial charge in [-0.2, -0.15) is 0 Å². The van der Waals surface area contributed by atoms with Crippen LogP contribution >= 0.6 is 11.6 Å². The van der Waals surface area contributed by atoms with Crippen LogP contribution in [0.3, 0.4) is 0 Å². The predicted molar refractivity (Wildman–Crippen MR) is 89.7 cm³/mol. The number of halogens is 1. The molecule has 1 unspecified atom stereocenters. The van der Waals surface area contributed by atoms with Gasteiger partial charge in [0.25, 0.3) is 0 Å². The van der Waals surface area contributed by atoms with E-state index in [1.807, 2.05) is 53.4 Å². The lowest BCUT2D eigenvalue weighted by Gasteiger charge is -2.26. The van der Waals surface area contributed by atoms with E-state index in [1.54, 1.807) is 0 Å². The Morgan fingerprint density at radius 2 is 2.05 bits per heavy atom. The second-order valence-electron chi connectivity index (χ2n) is 5.69. The Bertz CT molecular complexity index is 686.